The zero-order chi connectivity index (χ0) is 17.4. The zero-order valence-electron chi connectivity index (χ0n) is 14.9. The number of amides is 1. The molecule has 7 nitrogen and oxygen atoms in total. The average molecular weight is 343 g/mol. The molecule has 134 valence electrons. The van der Waals surface area contributed by atoms with E-state index < -0.39 is 0 Å². The second-order valence-electron chi connectivity index (χ2n) is 7.31. The van der Waals surface area contributed by atoms with Gasteiger partial charge < -0.3 is 9.42 Å². The van der Waals surface area contributed by atoms with Crippen LogP contribution in [0.15, 0.2) is 4.52 Å². The molecule has 1 saturated heterocycles. The summed E-state index contributed by atoms with van der Waals surface area (Å²) in [6.07, 6.45) is 5.56. The molecular weight excluding hydrogens is 318 g/mol. The van der Waals surface area contributed by atoms with Crippen molar-refractivity contribution in [2.45, 2.75) is 64.2 Å². The van der Waals surface area contributed by atoms with Crippen molar-refractivity contribution in [3.63, 3.8) is 0 Å². The Labute approximate surface area is 147 Å². The van der Waals surface area contributed by atoms with Gasteiger partial charge in [-0.1, -0.05) is 5.16 Å². The molecule has 2 aromatic rings. The van der Waals surface area contributed by atoms with Gasteiger partial charge in [0.25, 0.3) is 0 Å². The summed E-state index contributed by atoms with van der Waals surface area (Å²) in [6.45, 7) is 5.42. The Morgan fingerprint density at radius 3 is 2.60 bits per heavy atom. The maximum Gasteiger partial charge on any atom is 0.222 e. The summed E-state index contributed by atoms with van der Waals surface area (Å²) in [5.74, 6) is 4.00. The maximum atomic E-state index is 12.5. The molecule has 1 aliphatic carbocycles. The number of carbonyl (C=O) groups is 1. The molecule has 2 fully saturated rings. The van der Waals surface area contributed by atoms with Gasteiger partial charge >= 0.3 is 0 Å². The average Bonchev–Trinajstić information content (AvgIpc) is 3.27. The van der Waals surface area contributed by atoms with Crippen LogP contribution in [0.3, 0.4) is 0 Å². The van der Waals surface area contributed by atoms with Crippen molar-refractivity contribution >= 4 is 5.91 Å². The van der Waals surface area contributed by atoms with Crippen LogP contribution in [-0.2, 0) is 11.2 Å². The van der Waals surface area contributed by atoms with E-state index in [4.69, 9.17) is 4.52 Å². The molecule has 0 unspecified atom stereocenters. The molecule has 0 spiro atoms. The van der Waals surface area contributed by atoms with Gasteiger partial charge in [0.05, 0.1) is 5.69 Å². The van der Waals surface area contributed by atoms with E-state index in [0.717, 1.165) is 54.6 Å². The fourth-order valence-electron chi connectivity index (χ4n) is 3.65. The van der Waals surface area contributed by atoms with Crippen molar-refractivity contribution in [3.8, 4) is 0 Å². The summed E-state index contributed by atoms with van der Waals surface area (Å²) in [5.41, 5.74) is 1.96. The Kier molecular flexibility index (Phi) is 4.31. The Morgan fingerprint density at radius 1 is 1.20 bits per heavy atom. The van der Waals surface area contributed by atoms with Gasteiger partial charge in [-0.3, -0.25) is 9.89 Å². The number of aryl methyl sites for hydroxylation is 2. The van der Waals surface area contributed by atoms with E-state index in [1.54, 1.807) is 0 Å². The molecular formula is C18H25N5O2. The summed E-state index contributed by atoms with van der Waals surface area (Å²) in [6, 6.07) is 0. The lowest BCUT2D eigenvalue weighted by Gasteiger charge is -2.31. The minimum Gasteiger partial charge on any atom is -0.361 e. The van der Waals surface area contributed by atoms with E-state index >= 15 is 0 Å². The largest absolute Gasteiger partial charge is 0.361 e. The molecule has 0 radical (unpaired) electrons. The lowest BCUT2D eigenvalue weighted by Crippen LogP contribution is -2.38. The number of H-pyrrole nitrogens is 1. The van der Waals surface area contributed by atoms with Crippen LogP contribution in [-0.4, -0.2) is 44.2 Å². The lowest BCUT2D eigenvalue weighted by atomic mass is 9.95. The number of carbonyl (C=O) groups excluding carboxylic acids is 1. The van der Waals surface area contributed by atoms with E-state index in [2.05, 4.69) is 20.3 Å². The van der Waals surface area contributed by atoms with E-state index in [1.165, 1.54) is 12.8 Å². The predicted molar refractivity (Wildman–Crippen MR) is 91.2 cm³/mol. The molecule has 1 amide bonds. The van der Waals surface area contributed by atoms with Crippen LogP contribution < -0.4 is 0 Å². The molecule has 1 N–H and O–H groups in total. The van der Waals surface area contributed by atoms with Crippen molar-refractivity contribution < 1.29 is 9.32 Å². The van der Waals surface area contributed by atoms with Gasteiger partial charge in [0.15, 0.2) is 5.82 Å². The molecule has 1 aliphatic heterocycles. The zero-order valence-corrected chi connectivity index (χ0v) is 14.9. The number of aromatic amines is 1. The topological polar surface area (TPSA) is 87.9 Å². The van der Waals surface area contributed by atoms with Gasteiger partial charge in [-0.25, -0.2) is 4.98 Å². The molecule has 2 aliphatic rings. The van der Waals surface area contributed by atoms with Gasteiger partial charge in [-0.05, 0) is 46.0 Å². The molecule has 4 rings (SSSR count). The van der Waals surface area contributed by atoms with Crippen LogP contribution in [0.2, 0.25) is 0 Å². The Bertz CT molecular complexity index is 734. The molecule has 2 aromatic heterocycles. The quantitative estimate of drug-likeness (QED) is 0.901. The minimum atomic E-state index is 0.217. The van der Waals surface area contributed by atoms with Gasteiger partial charge in [0, 0.05) is 36.9 Å². The van der Waals surface area contributed by atoms with E-state index in [1.807, 2.05) is 18.7 Å². The summed E-state index contributed by atoms with van der Waals surface area (Å²) in [4.78, 5) is 19.1. The van der Waals surface area contributed by atoms with E-state index in [9.17, 15) is 4.79 Å². The van der Waals surface area contributed by atoms with Crippen LogP contribution in [0.1, 0.15) is 72.6 Å². The van der Waals surface area contributed by atoms with Crippen LogP contribution in [0.4, 0.5) is 0 Å². The first-order chi connectivity index (χ1) is 12.1. The Morgan fingerprint density at radius 2 is 1.96 bits per heavy atom. The Balaban J connectivity index is 1.28. The van der Waals surface area contributed by atoms with Crippen molar-refractivity contribution in [1.29, 1.82) is 0 Å². The number of hydrogen-bond donors (Lipinski definition) is 1. The van der Waals surface area contributed by atoms with Gasteiger partial charge in [-0.15, -0.1) is 0 Å². The molecule has 3 heterocycles. The summed E-state index contributed by atoms with van der Waals surface area (Å²) in [5, 5.41) is 11.4. The number of rotatable bonds is 5. The number of nitrogens with zero attached hydrogens (tertiary/aromatic N) is 4. The highest BCUT2D eigenvalue weighted by Gasteiger charge is 2.30. The van der Waals surface area contributed by atoms with Crippen LogP contribution in [0.25, 0.3) is 0 Å². The molecule has 25 heavy (non-hydrogen) atoms. The second kappa shape index (κ2) is 6.61. The van der Waals surface area contributed by atoms with Crippen molar-refractivity contribution in [1.82, 2.24) is 25.2 Å². The van der Waals surface area contributed by atoms with Gasteiger partial charge in [0.2, 0.25) is 5.91 Å². The first-order valence-corrected chi connectivity index (χ1v) is 9.23. The van der Waals surface area contributed by atoms with Gasteiger partial charge in [0.1, 0.15) is 11.6 Å². The number of hydrogen-bond acceptors (Lipinski definition) is 5. The molecule has 0 aromatic carbocycles. The number of nitrogens with one attached hydrogen (secondary N) is 1. The molecule has 0 bridgehead atoms. The van der Waals surface area contributed by atoms with Crippen molar-refractivity contribution in [2.24, 2.45) is 0 Å². The van der Waals surface area contributed by atoms with Gasteiger partial charge in [-0.2, -0.15) is 5.10 Å². The third-order valence-corrected chi connectivity index (χ3v) is 5.47. The number of piperidine rings is 1. The predicted octanol–water partition coefficient (Wildman–Crippen LogP) is 2.63. The lowest BCUT2D eigenvalue weighted by molar-refractivity contribution is -0.132. The highest BCUT2D eigenvalue weighted by atomic mass is 16.5. The van der Waals surface area contributed by atoms with Crippen molar-refractivity contribution in [2.75, 3.05) is 13.1 Å². The van der Waals surface area contributed by atoms with E-state index in [-0.39, 0.29) is 5.91 Å². The van der Waals surface area contributed by atoms with Crippen LogP contribution in [0, 0.1) is 13.8 Å². The van der Waals surface area contributed by atoms with Crippen molar-refractivity contribution in [3.05, 3.63) is 28.7 Å². The molecule has 0 atom stereocenters. The maximum absolute atomic E-state index is 12.5. The highest BCUT2D eigenvalue weighted by Crippen LogP contribution is 2.38. The fraction of sp³-hybridized carbons (Fsp3) is 0.667. The third-order valence-electron chi connectivity index (χ3n) is 5.47. The summed E-state index contributed by atoms with van der Waals surface area (Å²) >= 11 is 0. The number of likely N-dealkylation sites (tertiary alicyclic amines) is 1. The summed E-state index contributed by atoms with van der Waals surface area (Å²) < 4.78 is 5.17. The monoisotopic (exact) mass is 343 g/mol. The highest BCUT2D eigenvalue weighted by molar-refractivity contribution is 5.76. The first kappa shape index (κ1) is 16.3. The second-order valence-corrected chi connectivity index (χ2v) is 7.31. The van der Waals surface area contributed by atoms with Crippen LogP contribution >= 0.6 is 0 Å². The van der Waals surface area contributed by atoms with E-state index in [0.29, 0.717) is 24.7 Å². The smallest absolute Gasteiger partial charge is 0.222 e. The molecule has 7 heteroatoms. The SMILES string of the molecule is Cc1noc(C)c1CCC(=O)N1CCC(c2nc(C3CC3)n[nH]2)CC1. The normalized spacial score (nSPS) is 18.7. The first-order valence-electron chi connectivity index (χ1n) is 9.23. The molecule has 1 saturated carbocycles. The third kappa shape index (κ3) is 3.45. The fourth-order valence-corrected chi connectivity index (χ4v) is 3.65. The number of aromatic nitrogens is 4. The Hall–Kier alpha value is -2.18. The summed E-state index contributed by atoms with van der Waals surface area (Å²) in [7, 11) is 0. The minimum absolute atomic E-state index is 0.217. The van der Waals surface area contributed by atoms with Crippen LogP contribution in [0.5, 0.6) is 0 Å². The standard InChI is InChI=1S/C18H25N5O2/c1-11-15(12(2)25-22-11)5-6-16(24)23-9-7-14(8-10-23)18-19-17(20-21-18)13-3-4-13/h13-14H,3-10H2,1-2H3,(H,19,20,21).